The molecule has 0 amide bonds. The van der Waals surface area contributed by atoms with Crippen LogP contribution in [0.2, 0.25) is 0 Å². The Hall–Kier alpha value is -0.0800. The summed E-state index contributed by atoms with van der Waals surface area (Å²) in [6.07, 6.45) is 2.57. The Bertz CT molecular complexity index is 106. The molecule has 1 heterocycles. The molecule has 0 aromatic heterocycles. The first-order valence-corrected chi connectivity index (χ1v) is 4.54. The lowest BCUT2D eigenvalue weighted by Gasteiger charge is -2.13. The summed E-state index contributed by atoms with van der Waals surface area (Å²) < 4.78 is 5.00. The molecule has 1 unspecified atom stereocenters. The Morgan fingerprint density at radius 1 is 1.55 bits per heavy atom. The summed E-state index contributed by atoms with van der Waals surface area (Å²) in [7, 11) is 1.77. The molecular formula is C9H19NO. The molecule has 2 nitrogen and oxygen atoms in total. The number of nitrogens with zero attached hydrogens (tertiary/aromatic N) is 1. The van der Waals surface area contributed by atoms with Crippen molar-refractivity contribution in [1.82, 2.24) is 4.90 Å². The van der Waals surface area contributed by atoms with Crippen molar-refractivity contribution in [1.29, 1.82) is 0 Å². The third-order valence-electron chi connectivity index (χ3n) is 2.33. The van der Waals surface area contributed by atoms with Crippen LogP contribution >= 0.6 is 0 Å². The van der Waals surface area contributed by atoms with E-state index < -0.39 is 0 Å². The molecule has 1 atom stereocenters. The van der Waals surface area contributed by atoms with Crippen molar-refractivity contribution >= 4 is 0 Å². The van der Waals surface area contributed by atoms with Gasteiger partial charge < -0.3 is 9.64 Å². The quantitative estimate of drug-likeness (QED) is 0.571. The molecule has 0 spiro atoms. The van der Waals surface area contributed by atoms with Crippen molar-refractivity contribution in [3.8, 4) is 0 Å². The molecule has 0 aromatic rings. The highest BCUT2D eigenvalue weighted by atomic mass is 16.5. The average Bonchev–Trinajstić information content (AvgIpc) is 2.37. The van der Waals surface area contributed by atoms with E-state index in [4.69, 9.17) is 4.74 Å². The maximum atomic E-state index is 5.00. The number of hydrogen-bond donors (Lipinski definition) is 0. The van der Waals surface area contributed by atoms with Gasteiger partial charge in [0.2, 0.25) is 0 Å². The van der Waals surface area contributed by atoms with Gasteiger partial charge >= 0.3 is 0 Å². The Kier molecular flexibility index (Phi) is 3.87. The van der Waals surface area contributed by atoms with Crippen molar-refractivity contribution in [3.05, 3.63) is 0 Å². The van der Waals surface area contributed by atoms with Gasteiger partial charge in [-0.3, -0.25) is 0 Å². The van der Waals surface area contributed by atoms with Crippen molar-refractivity contribution in [2.75, 3.05) is 33.4 Å². The van der Waals surface area contributed by atoms with E-state index in [0.717, 1.165) is 12.5 Å². The fourth-order valence-corrected chi connectivity index (χ4v) is 1.66. The SMILES string of the molecule is COCCCN1CCC(C)C1. The van der Waals surface area contributed by atoms with Gasteiger partial charge in [0.1, 0.15) is 0 Å². The van der Waals surface area contributed by atoms with E-state index in [1.807, 2.05) is 0 Å². The van der Waals surface area contributed by atoms with E-state index in [1.165, 1.54) is 32.5 Å². The standard InChI is InChI=1S/C9H19NO/c1-9-4-6-10(8-9)5-3-7-11-2/h9H,3-8H2,1-2H3. The molecule has 0 aromatic carbocycles. The first-order valence-electron chi connectivity index (χ1n) is 4.54. The second-order valence-corrected chi connectivity index (χ2v) is 3.54. The van der Waals surface area contributed by atoms with Crippen LogP contribution in [-0.4, -0.2) is 38.3 Å². The van der Waals surface area contributed by atoms with Crippen LogP contribution in [0, 0.1) is 5.92 Å². The summed E-state index contributed by atoms with van der Waals surface area (Å²) in [6.45, 7) is 7.05. The topological polar surface area (TPSA) is 12.5 Å². The van der Waals surface area contributed by atoms with Crippen LogP contribution in [0.4, 0.5) is 0 Å². The number of rotatable bonds is 4. The fraction of sp³-hybridized carbons (Fsp3) is 1.00. The summed E-state index contributed by atoms with van der Waals surface area (Å²) in [5.41, 5.74) is 0. The maximum Gasteiger partial charge on any atom is 0.0474 e. The molecule has 0 N–H and O–H groups in total. The Morgan fingerprint density at radius 2 is 2.36 bits per heavy atom. The fourth-order valence-electron chi connectivity index (χ4n) is 1.66. The highest BCUT2D eigenvalue weighted by molar-refractivity contribution is 4.71. The summed E-state index contributed by atoms with van der Waals surface area (Å²) in [4.78, 5) is 2.53. The normalized spacial score (nSPS) is 26.2. The van der Waals surface area contributed by atoms with Crippen molar-refractivity contribution in [2.45, 2.75) is 19.8 Å². The smallest absolute Gasteiger partial charge is 0.0474 e. The second-order valence-electron chi connectivity index (χ2n) is 3.54. The second kappa shape index (κ2) is 4.73. The largest absolute Gasteiger partial charge is 0.385 e. The molecule has 0 radical (unpaired) electrons. The van der Waals surface area contributed by atoms with Crippen LogP contribution in [0.15, 0.2) is 0 Å². The van der Waals surface area contributed by atoms with Crippen molar-refractivity contribution < 1.29 is 4.74 Å². The monoisotopic (exact) mass is 157 g/mol. The van der Waals surface area contributed by atoms with Gasteiger partial charge in [-0.2, -0.15) is 0 Å². The minimum absolute atomic E-state index is 0.908. The molecule has 1 fully saturated rings. The highest BCUT2D eigenvalue weighted by Gasteiger charge is 2.17. The first-order chi connectivity index (χ1) is 5.33. The van der Waals surface area contributed by atoms with Gasteiger partial charge in [-0.25, -0.2) is 0 Å². The minimum Gasteiger partial charge on any atom is -0.385 e. The number of methoxy groups -OCH3 is 1. The van der Waals surface area contributed by atoms with Gasteiger partial charge in [0, 0.05) is 26.8 Å². The van der Waals surface area contributed by atoms with Gasteiger partial charge in [0.25, 0.3) is 0 Å². The lowest BCUT2D eigenvalue weighted by Crippen LogP contribution is -2.22. The molecule has 1 saturated heterocycles. The van der Waals surface area contributed by atoms with E-state index in [-0.39, 0.29) is 0 Å². The highest BCUT2D eigenvalue weighted by Crippen LogP contribution is 2.14. The third kappa shape index (κ3) is 3.21. The summed E-state index contributed by atoms with van der Waals surface area (Å²) in [5.74, 6) is 0.914. The summed E-state index contributed by atoms with van der Waals surface area (Å²) in [5, 5.41) is 0. The van der Waals surface area contributed by atoms with Crippen LogP contribution in [0.1, 0.15) is 19.8 Å². The zero-order valence-electron chi connectivity index (χ0n) is 7.68. The summed E-state index contributed by atoms with van der Waals surface area (Å²) >= 11 is 0. The lowest BCUT2D eigenvalue weighted by atomic mass is 10.2. The van der Waals surface area contributed by atoms with E-state index in [0.29, 0.717) is 0 Å². The van der Waals surface area contributed by atoms with Crippen LogP contribution in [0.5, 0.6) is 0 Å². The lowest BCUT2D eigenvalue weighted by molar-refractivity contribution is 0.178. The molecule has 0 bridgehead atoms. The van der Waals surface area contributed by atoms with Gasteiger partial charge in [0.15, 0.2) is 0 Å². The molecule has 1 rings (SSSR count). The van der Waals surface area contributed by atoms with E-state index in [9.17, 15) is 0 Å². The van der Waals surface area contributed by atoms with Gasteiger partial charge in [-0.05, 0) is 25.3 Å². The molecule has 0 saturated carbocycles. The van der Waals surface area contributed by atoms with E-state index in [1.54, 1.807) is 7.11 Å². The maximum absolute atomic E-state index is 5.00. The molecular weight excluding hydrogens is 138 g/mol. The Labute approximate surface area is 69.5 Å². The molecule has 66 valence electrons. The van der Waals surface area contributed by atoms with Gasteiger partial charge in [0.05, 0.1) is 0 Å². The van der Waals surface area contributed by atoms with Crippen molar-refractivity contribution in [2.24, 2.45) is 5.92 Å². The Balaban J connectivity index is 1.99. The number of hydrogen-bond acceptors (Lipinski definition) is 2. The molecule has 2 heteroatoms. The van der Waals surface area contributed by atoms with Crippen LogP contribution in [0.25, 0.3) is 0 Å². The van der Waals surface area contributed by atoms with Crippen LogP contribution < -0.4 is 0 Å². The van der Waals surface area contributed by atoms with Crippen LogP contribution in [-0.2, 0) is 4.74 Å². The predicted molar refractivity (Wildman–Crippen MR) is 46.7 cm³/mol. The zero-order valence-corrected chi connectivity index (χ0v) is 7.68. The van der Waals surface area contributed by atoms with Crippen molar-refractivity contribution in [3.63, 3.8) is 0 Å². The van der Waals surface area contributed by atoms with E-state index >= 15 is 0 Å². The third-order valence-corrected chi connectivity index (χ3v) is 2.33. The summed E-state index contributed by atoms with van der Waals surface area (Å²) in [6, 6.07) is 0. The van der Waals surface area contributed by atoms with E-state index in [2.05, 4.69) is 11.8 Å². The minimum atomic E-state index is 0.908. The number of ether oxygens (including phenoxy) is 1. The predicted octanol–water partition coefficient (Wildman–Crippen LogP) is 1.36. The first kappa shape index (κ1) is 9.01. The average molecular weight is 157 g/mol. The molecule has 0 aliphatic carbocycles. The Morgan fingerprint density at radius 3 is 2.91 bits per heavy atom. The molecule has 11 heavy (non-hydrogen) atoms. The molecule has 1 aliphatic rings. The molecule has 1 aliphatic heterocycles. The van der Waals surface area contributed by atoms with Crippen LogP contribution in [0.3, 0.4) is 0 Å². The van der Waals surface area contributed by atoms with Gasteiger partial charge in [-0.15, -0.1) is 0 Å². The number of likely N-dealkylation sites (tertiary alicyclic amines) is 1. The zero-order chi connectivity index (χ0) is 8.10. The van der Waals surface area contributed by atoms with Gasteiger partial charge in [-0.1, -0.05) is 6.92 Å².